The lowest BCUT2D eigenvalue weighted by atomic mass is 10.2. The zero-order valence-corrected chi connectivity index (χ0v) is 10.5. The minimum absolute atomic E-state index is 0.364. The number of hydrogen-bond acceptors (Lipinski definition) is 3. The molecule has 1 aromatic heterocycles. The van der Waals surface area contributed by atoms with Gasteiger partial charge in [-0.1, -0.05) is 13.3 Å². The average Bonchev–Trinajstić information content (AvgIpc) is 2.61. The fraction of sp³-hybridized carbons (Fsp3) is 0.750. The molecule has 0 aromatic carbocycles. The van der Waals surface area contributed by atoms with E-state index in [1.54, 1.807) is 0 Å². The number of nitrogens with zero attached hydrogens (tertiary/aromatic N) is 2. The lowest BCUT2D eigenvalue weighted by Gasteiger charge is -2.29. The maximum absolute atomic E-state index is 4.71. The molecule has 0 amide bonds. The molecule has 1 atom stereocenters. The number of nitrogens with one attached hydrogen (secondary N) is 2. The van der Waals surface area contributed by atoms with Crippen molar-refractivity contribution in [2.75, 3.05) is 26.7 Å². The zero-order chi connectivity index (χ0) is 11.5. The maximum atomic E-state index is 4.71. The van der Waals surface area contributed by atoms with E-state index in [2.05, 4.69) is 36.1 Å². The van der Waals surface area contributed by atoms with E-state index in [1.165, 1.54) is 11.4 Å². The van der Waals surface area contributed by atoms with Gasteiger partial charge in [-0.15, -0.1) is 0 Å². The van der Waals surface area contributed by atoms with Gasteiger partial charge in [0.2, 0.25) is 0 Å². The topological polar surface area (TPSA) is 44.0 Å². The van der Waals surface area contributed by atoms with E-state index in [-0.39, 0.29) is 0 Å². The van der Waals surface area contributed by atoms with Crippen LogP contribution < -0.4 is 5.32 Å². The second kappa shape index (κ2) is 4.97. The quantitative estimate of drug-likeness (QED) is 0.809. The number of aryl methyl sites for hydroxylation is 2. The minimum Gasteiger partial charge on any atom is -0.345 e. The molecule has 2 N–H and O–H groups in total. The number of aromatic nitrogens is 2. The number of hydrogen-bond donors (Lipinski definition) is 2. The summed E-state index contributed by atoms with van der Waals surface area (Å²) in [5.41, 5.74) is 2.46. The Labute approximate surface area is 97.4 Å². The molecule has 0 bridgehead atoms. The predicted octanol–water partition coefficient (Wildman–Crippen LogP) is 1.25. The van der Waals surface area contributed by atoms with Crippen molar-refractivity contribution in [3.05, 3.63) is 17.2 Å². The van der Waals surface area contributed by atoms with Gasteiger partial charge in [-0.05, 0) is 20.4 Å². The van der Waals surface area contributed by atoms with Crippen molar-refractivity contribution in [2.45, 2.75) is 32.7 Å². The number of likely N-dealkylation sites (N-methyl/N-ethyl adjacent to an activating group) is 1. The molecule has 1 fully saturated rings. The summed E-state index contributed by atoms with van der Waals surface area (Å²) in [4.78, 5) is 10.5. The molecule has 0 saturated carbocycles. The van der Waals surface area contributed by atoms with Crippen molar-refractivity contribution in [2.24, 2.45) is 0 Å². The first-order valence-corrected chi connectivity index (χ1v) is 6.18. The van der Waals surface area contributed by atoms with Crippen LogP contribution in [0.1, 0.15) is 36.6 Å². The molecule has 1 unspecified atom stereocenters. The van der Waals surface area contributed by atoms with Crippen molar-refractivity contribution in [3.63, 3.8) is 0 Å². The Morgan fingerprint density at radius 2 is 2.31 bits per heavy atom. The third-order valence-corrected chi connectivity index (χ3v) is 3.20. The highest BCUT2D eigenvalue weighted by atomic mass is 15.2. The first-order valence-electron chi connectivity index (χ1n) is 6.18. The molecule has 2 rings (SSSR count). The van der Waals surface area contributed by atoms with E-state index in [0.29, 0.717) is 6.04 Å². The standard InChI is InChI=1S/C12H22N4/c1-4-5-10-9(2)14-12(15-10)11-8-16(3)7-6-13-11/h11,13H,4-8H2,1-3H3,(H,14,15). The Balaban J connectivity index is 2.10. The summed E-state index contributed by atoms with van der Waals surface area (Å²) in [6.45, 7) is 7.52. The summed E-state index contributed by atoms with van der Waals surface area (Å²) in [7, 11) is 2.16. The number of H-pyrrole nitrogens is 1. The van der Waals surface area contributed by atoms with Gasteiger partial charge in [-0.2, -0.15) is 0 Å². The van der Waals surface area contributed by atoms with Gasteiger partial charge in [0.15, 0.2) is 0 Å². The molecular weight excluding hydrogens is 200 g/mol. The van der Waals surface area contributed by atoms with Crippen molar-refractivity contribution in [1.82, 2.24) is 20.2 Å². The van der Waals surface area contributed by atoms with Gasteiger partial charge in [0.05, 0.1) is 11.7 Å². The fourth-order valence-electron chi connectivity index (χ4n) is 2.25. The van der Waals surface area contributed by atoms with Crippen molar-refractivity contribution in [3.8, 4) is 0 Å². The Morgan fingerprint density at radius 3 is 3.00 bits per heavy atom. The lowest BCUT2D eigenvalue weighted by Crippen LogP contribution is -2.44. The second-order valence-corrected chi connectivity index (χ2v) is 4.71. The number of imidazole rings is 1. The predicted molar refractivity (Wildman–Crippen MR) is 65.6 cm³/mol. The number of rotatable bonds is 3. The van der Waals surface area contributed by atoms with Crippen LogP contribution >= 0.6 is 0 Å². The molecular formula is C12H22N4. The van der Waals surface area contributed by atoms with Crippen molar-refractivity contribution >= 4 is 0 Å². The van der Waals surface area contributed by atoms with Crippen molar-refractivity contribution < 1.29 is 0 Å². The number of piperazine rings is 1. The van der Waals surface area contributed by atoms with Gasteiger partial charge in [-0.25, -0.2) is 4.98 Å². The highest BCUT2D eigenvalue weighted by Gasteiger charge is 2.21. The second-order valence-electron chi connectivity index (χ2n) is 4.71. The normalized spacial score (nSPS) is 22.6. The van der Waals surface area contributed by atoms with Gasteiger partial charge >= 0.3 is 0 Å². The van der Waals surface area contributed by atoms with Crippen LogP contribution in [-0.4, -0.2) is 41.5 Å². The third-order valence-electron chi connectivity index (χ3n) is 3.20. The minimum atomic E-state index is 0.364. The Hall–Kier alpha value is -0.870. The summed E-state index contributed by atoms with van der Waals surface area (Å²) < 4.78 is 0. The van der Waals surface area contributed by atoms with Crippen LogP contribution in [0.25, 0.3) is 0 Å². The molecule has 0 radical (unpaired) electrons. The lowest BCUT2D eigenvalue weighted by molar-refractivity contribution is 0.236. The van der Waals surface area contributed by atoms with Gasteiger partial charge < -0.3 is 15.2 Å². The molecule has 4 heteroatoms. The van der Waals surface area contributed by atoms with Crippen LogP contribution in [0.2, 0.25) is 0 Å². The first-order chi connectivity index (χ1) is 7.70. The van der Waals surface area contributed by atoms with Crippen LogP contribution in [0, 0.1) is 6.92 Å². The number of aromatic amines is 1. The summed E-state index contributed by atoms with van der Waals surface area (Å²) in [5.74, 6) is 1.10. The smallest absolute Gasteiger partial charge is 0.125 e. The summed E-state index contributed by atoms with van der Waals surface area (Å²) >= 11 is 0. The van der Waals surface area contributed by atoms with Crippen LogP contribution in [0.3, 0.4) is 0 Å². The van der Waals surface area contributed by atoms with Gasteiger partial charge in [0, 0.05) is 25.3 Å². The summed E-state index contributed by atoms with van der Waals surface area (Å²) in [5, 5.41) is 3.51. The monoisotopic (exact) mass is 222 g/mol. The highest BCUT2D eigenvalue weighted by molar-refractivity contribution is 5.15. The molecule has 0 aliphatic carbocycles. The maximum Gasteiger partial charge on any atom is 0.125 e. The molecule has 90 valence electrons. The fourth-order valence-corrected chi connectivity index (χ4v) is 2.25. The van der Waals surface area contributed by atoms with Crippen molar-refractivity contribution in [1.29, 1.82) is 0 Å². The van der Waals surface area contributed by atoms with E-state index >= 15 is 0 Å². The molecule has 1 aromatic rings. The zero-order valence-electron chi connectivity index (χ0n) is 10.5. The van der Waals surface area contributed by atoms with Crippen LogP contribution in [-0.2, 0) is 6.42 Å². The van der Waals surface area contributed by atoms with E-state index in [0.717, 1.165) is 38.3 Å². The van der Waals surface area contributed by atoms with Gasteiger partial charge in [-0.3, -0.25) is 0 Å². The first kappa shape index (κ1) is 11.6. The molecule has 0 spiro atoms. The Bertz CT molecular complexity index is 345. The van der Waals surface area contributed by atoms with E-state index in [1.807, 2.05) is 0 Å². The highest BCUT2D eigenvalue weighted by Crippen LogP contribution is 2.16. The Morgan fingerprint density at radius 1 is 1.50 bits per heavy atom. The molecule has 2 heterocycles. The van der Waals surface area contributed by atoms with Crippen LogP contribution in [0.15, 0.2) is 0 Å². The molecule has 4 nitrogen and oxygen atoms in total. The van der Waals surface area contributed by atoms with Gasteiger partial charge in [0.25, 0.3) is 0 Å². The molecule has 1 aliphatic rings. The van der Waals surface area contributed by atoms with E-state index in [9.17, 15) is 0 Å². The molecule has 16 heavy (non-hydrogen) atoms. The summed E-state index contributed by atoms with van der Waals surface area (Å²) in [6, 6.07) is 0.364. The van der Waals surface area contributed by atoms with E-state index in [4.69, 9.17) is 4.98 Å². The third kappa shape index (κ3) is 2.44. The van der Waals surface area contributed by atoms with Crippen LogP contribution in [0.4, 0.5) is 0 Å². The van der Waals surface area contributed by atoms with E-state index < -0.39 is 0 Å². The summed E-state index contributed by atoms with van der Waals surface area (Å²) in [6.07, 6.45) is 2.23. The SMILES string of the molecule is CCCc1nc(C2CN(C)CCN2)[nH]c1C. The Kier molecular flexibility index (Phi) is 3.61. The van der Waals surface area contributed by atoms with Crippen LogP contribution in [0.5, 0.6) is 0 Å². The molecule has 1 aliphatic heterocycles. The average molecular weight is 222 g/mol. The largest absolute Gasteiger partial charge is 0.345 e. The van der Waals surface area contributed by atoms with Gasteiger partial charge in [0.1, 0.15) is 5.82 Å². The molecule has 1 saturated heterocycles.